The molecule has 2 amide bonds. The number of aromatic nitrogens is 1. The van der Waals surface area contributed by atoms with Crippen LogP contribution in [0.5, 0.6) is 0 Å². The molecule has 1 saturated carbocycles. The number of aliphatic hydroxyl groups excluding tert-OH is 1. The molecule has 0 aromatic carbocycles. The highest BCUT2D eigenvalue weighted by molar-refractivity contribution is 5.74. The number of pyridine rings is 1. The third-order valence-electron chi connectivity index (χ3n) is 4.52. The van der Waals surface area contributed by atoms with E-state index in [2.05, 4.69) is 24.1 Å². The van der Waals surface area contributed by atoms with Gasteiger partial charge in [-0.15, -0.1) is 0 Å². The number of nitrogens with zero attached hydrogens (tertiary/aromatic N) is 2. The highest BCUT2D eigenvalue weighted by atomic mass is 16.3. The van der Waals surface area contributed by atoms with E-state index < -0.39 is 0 Å². The van der Waals surface area contributed by atoms with Gasteiger partial charge in [0, 0.05) is 25.7 Å². The van der Waals surface area contributed by atoms with E-state index in [-0.39, 0.29) is 24.1 Å². The molecule has 1 aromatic heterocycles. The van der Waals surface area contributed by atoms with E-state index in [1.807, 2.05) is 18.2 Å². The molecule has 1 aliphatic rings. The third kappa shape index (κ3) is 5.20. The summed E-state index contributed by atoms with van der Waals surface area (Å²) in [7, 11) is 1.80. The number of rotatable bonds is 6. The molecule has 1 heterocycles. The molecule has 2 N–H and O–H groups in total. The minimum atomic E-state index is -0.271. The second-order valence-electron chi connectivity index (χ2n) is 7.03. The molecular weight excluding hydrogens is 290 g/mol. The molecule has 0 radical (unpaired) electrons. The Labute approximate surface area is 139 Å². The van der Waals surface area contributed by atoms with Gasteiger partial charge >= 0.3 is 6.03 Å². The number of amides is 2. The summed E-state index contributed by atoms with van der Waals surface area (Å²) in [5.41, 5.74) is 0.892. The first-order chi connectivity index (χ1) is 11.0. The molecule has 1 aliphatic carbocycles. The first kappa shape index (κ1) is 17.7. The Kier molecular flexibility index (Phi) is 6.39. The number of nitrogens with one attached hydrogen (secondary N) is 1. The van der Waals surface area contributed by atoms with E-state index >= 15 is 0 Å². The first-order valence-electron chi connectivity index (χ1n) is 8.58. The van der Waals surface area contributed by atoms with E-state index in [0.29, 0.717) is 12.5 Å². The maximum Gasteiger partial charge on any atom is 0.317 e. The van der Waals surface area contributed by atoms with Crippen molar-refractivity contribution >= 4 is 6.03 Å². The summed E-state index contributed by atoms with van der Waals surface area (Å²) in [4.78, 5) is 18.6. The predicted molar refractivity (Wildman–Crippen MR) is 90.9 cm³/mol. The lowest BCUT2D eigenvalue weighted by molar-refractivity contribution is 0.113. The normalized spacial score (nSPS) is 22.1. The summed E-state index contributed by atoms with van der Waals surface area (Å²) in [6.07, 6.45) is 5.23. The lowest BCUT2D eigenvalue weighted by atomic mass is 10.0. The van der Waals surface area contributed by atoms with Crippen molar-refractivity contribution < 1.29 is 9.90 Å². The largest absolute Gasteiger partial charge is 0.393 e. The van der Waals surface area contributed by atoms with Crippen LogP contribution in [0.4, 0.5) is 4.79 Å². The van der Waals surface area contributed by atoms with Gasteiger partial charge in [0.15, 0.2) is 0 Å². The lowest BCUT2D eigenvalue weighted by Gasteiger charge is -2.27. The summed E-state index contributed by atoms with van der Waals surface area (Å²) in [5, 5.41) is 13.0. The van der Waals surface area contributed by atoms with Crippen LogP contribution in [0.1, 0.15) is 51.3 Å². The van der Waals surface area contributed by atoms with Crippen molar-refractivity contribution in [3.05, 3.63) is 30.1 Å². The van der Waals surface area contributed by atoms with Crippen molar-refractivity contribution in [3.63, 3.8) is 0 Å². The fourth-order valence-corrected chi connectivity index (χ4v) is 3.23. The van der Waals surface area contributed by atoms with Crippen LogP contribution < -0.4 is 5.32 Å². The maximum atomic E-state index is 12.5. The third-order valence-corrected chi connectivity index (χ3v) is 4.52. The van der Waals surface area contributed by atoms with Crippen molar-refractivity contribution in [1.82, 2.24) is 15.2 Å². The molecule has 0 spiro atoms. The van der Waals surface area contributed by atoms with Crippen molar-refractivity contribution in [2.75, 3.05) is 13.6 Å². The van der Waals surface area contributed by atoms with Crippen LogP contribution in [0.2, 0.25) is 0 Å². The van der Waals surface area contributed by atoms with Crippen LogP contribution >= 0.6 is 0 Å². The molecule has 0 unspecified atom stereocenters. The zero-order valence-corrected chi connectivity index (χ0v) is 14.4. The van der Waals surface area contributed by atoms with Gasteiger partial charge in [-0.25, -0.2) is 4.79 Å². The van der Waals surface area contributed by atoms with Crippen LogP contribution in [0.15, 0.2) is 24.4 Å². The monoisotopic (exact) mass is 319 g/mol. The molecule has 1 aromatic rings. The Morgan fingerprint density at radius 3 is 2.78 bits per heavy atom. The molecule has 3 atom stereocenters. The summed E-state index contributed by atoms with van der Waals surface area (Å²) in [6.45, 7) is 4.88. The second-order valence-corrected chi connectivity index (χ2v) is 7.03. The topological polar surface area (TPSA) is 65.5 Å². The minimum absolute atomic E-state index is 0.0837. The summed E-state index contributed by atoms with van der Waals surface area (Å²) in [6, 6.07) is 5.60. The molecule has 0 saturated heterocycles. The van der Waals surface area contributed by atoms with E-state index in [4.69, 9.17) is 0 Å². The van der Waals surface area contributed by atoms with Gasteiger partial charge < -0.3 is 15.3 Å². The average Bonchev–Trinajstić information content (AvgIpc) is 2.92. The average molecular weight is 319 g/mol. The maximum absolute atomic E-state index is 12.5. The Hall–Kier alpha value is -1.62. The number of carbonyl (C=O) groups is 1. The molecule has 128 valence electrons. The van der Waals surface area contributed by atoms with Crippen LogP contribution in [0.25, 0.3) is 0 Å². The molecule has 1 fully saturated rings. The van der Waals surface area contributed by atoms with E-state index in [1.54, 1.807) is 18.1 Å². The van der Waals surface area contributed by atoms with Crippen molar-refractivity contribution in [2.24, 2.45) is 11.8 Å². The summed E-state index contributed by atoms with van der Waals surface area (Å²) >= 11 is 0. The van der Waals surface area contributed by atoms with E-state index in [1.165, 1.54) is 0 Å². The smallest absolute Gasteiger partial charge is 0.317 e. The summed E-state index contributed by atoms with van der Waals surface area (Å²) < 4.78 is 0. The van der Waals surface area contributed by atoms with Crippen LogP contribution in [0.3, 0.4) is 0 Å². The lowest BCUT2D eigenvalue weighted by Crippen LogP contribution is -2.43. The number of carbonyl (C=O) groups excluding carboxylic acids is 1. The van der Waals surface area contributed by atoms with Crippen LogP contribution in [-0.2, 0) is 0 Å². The van der Waals surface area contributed by atoms with Gasteiger partial charge in [0.1, 0.15) is 0 Å². The van der Waals surface area contributed by atoms with Crippen LogP contribution in [-0.4, -0.2) is 40.7 Å². The van der Waals surface area contributed by atoms with Crippen LogP contribution in [0, 0.1) is 11.8 Å². The Balaban J connectivity index is 1.96. The van der Waals surface area contributed by atoms with E-state index in [0.717, 1.165) is 31.4 Å². The molecule has 0 aliphatic heterocycles. The Bertz CT molecular complexity index is 492. The molecule has 5 nitrogen and oxygen atoms in total. The Morgan fingerprint density at radius 2 is 2.22 bits per heavy atom. The standard InChI is InChI=1S/C18H29N3O2/c1-13(2)11-16(15-8-4-5-10-19-15)20-18(23)21(3)12-14-7-6-9-17(14)22/h4-5,8,10,13-14,16-17,22H,6-7,9,11-12H2,1-3H3,(H,20,23)/t14-,16+,17-/m0/s1. The fourth-order valence-electron chi connectivity index (χ4n) is 3.23. The van der Waals surface area contributed by atoms with Gasteiger partial charge in [-0.05, 0) is 37.3 Å². The molecule has 5 heteroatoms. The zero-order chi connectivity index (χ0) is 16.8. The van der Waals surface area contributed by atoms with Gasteiger partial charge in [-0.1, -0.05) is 26.3 Å². The Morgan fingerprint density at radius 1 is 1.43 bits per heavy atom. The number of hydrogen-bond donors (Lipinski definition) is 2. The van der Waals surface area contributed by atoms with Gasteiger partial charge in [-0.2, -0.15) is 0 Å². The van der Waals surface area contributed by atoms with Crippen molar-refractivity contribution in [3.8, 4) is 0 Å². The zero-order valence-electron chi connectivity index (χ0n) is 14.4. The van der Waals surface area contributed by atoms with Gasteiger partial charge in [0.05, 0.1) is 17.8 Å². The van der Waals surface area contributed by atoms with Gasteiger partial charge in [0.25, 0.3) is 0 Å². The highest BCUT2D eigenvalue weighted by Gasteiger charge is 2.28. The molecular formula is C18H29N3O2. The quantitative estimate of drug-likeness (QED) is 0.847. The highest BCUT2D eigenvalue weighted by Crippen LogP contribution is 2.26. The number of aliphatic hydroxyl groups is 1. The SMILES string of the molecule is CC(C)C[C@@H](NC(=O)N(C)C[C@@H]1CCC[C@@H]1O)c1ccccn1. The minimum Gasteiger partial charge on any atom is -0.393 e. The van der Waals surface area contributed by atoms with Gasteiger partial charge in [-0.3, -0.25) is 4.98 Å². The van der Waals surface area contributed by atoms with Crippen molar-refractivity contribution in [1.29, 1.82) is 0 Å². The van der Waals surface area contributed by atoms with Crippen molar-refractivity contribution in [2.45, 2.75) is 51.7 Å². The second kappa shape index (κ2) is 8.29. The summed E-state index contributed by atoms with van der Waals surface area (Å²) in [5.74, 6) is 0.661. The molecule has 0 bridgehead atoms. The number of urea groups is 1. The predicted octanol–water partition coefficient (Wildman–Crippen LogP) is 2.97. The molecule has 23 heavy (non-hydrogen) atoms. The van der Waals surface area contributed by atoms with Gasteiger partial charge in [0.2, 0.25) is 0 Å². The van der Waals surface area contributed by atoms with E-state index in [9.17, 15) is 9.90 Å². The fraction of sp³-hybridized carbons (Fsp3) is 0.667. The molecule has 2 rings (SSSR count). The first-order valence-corrected chi connectivity index (χ1v) is 8.58. The number of hydrogen-bond acceptors (Lipinski definition) is 3.